The molecule has 0 heterocycles. The molecule has 0 aliphatic rings. The molecule has 0 aliphatic carbocycles. The van der Waals surface area contributed by atoms with Gasteiger partial charge in [-0.1, -0.05) is 0 Å². The molecule has 0 fully saturated rings. The average molecular weight is 164 g/mol. The molecule has 0 unspecified atom stereocenters. The van der Waals surface area contributed by atoms with E-state index in [0.29, 0.717) is 6.61 Å². The van der Waals surface area contributed by atoms with Crippen molar-refractivity contribution in [3.8, 4) is 12.1 Å². The van der Waals surface area contributed by atoms with Gasteiger partial charge in [0.15, 0.2) is 12.1 Å². The lowest BCUT2D eigenvalue weighted by atomic mass is 10.4. The molecule has 0 spiro atoms. The van der Waals surface area contributed by atoms with Gasteiger partial charge in [0.05, 0.1) is 6.61 Å². The predicted molar refractivity (Wildman–Crippen MR) is 42.6 cm³/mol. The molecule has 12 heavy (non-hydrogen) atoms. The van der Waals surface area contributed by atoms with Gasteiger partial charge in [-0.25, -0.2) is 4.99 Å². The van der Waals surface area contributed by atoms with Gasteiger partial charge in [-0.05, 0) is 6.92 Å². The van der Waals surface area contributed by atoms with Crippen molar-refractivity contribution >= 4 is 6.40 Å². The Labute approximate surface area is 70.4 Å². The Bertz CT molecular complexity index is 279. The molecule has 2 N–H and O–H groups in total. The summed E-state index contributed by atoms with van der Waals surface area (Å²) in [7, 11) is 0. The third-order valence-corrected chi connectivity index (χ3v) is 0.904. The van der Waals surface area contributed by atoms with Crippen molar-refractivity contribution in [1.29, 1.82) is 10.5 Å². The number of hydrogen-bond acceptors (Lipinski definition) is 5. The molecule has 0 saturated heterocycles. The van der Waals surface area contributed by atoms with E-state index in [1.165, 1.54) is 0 Å². The fourth-order valence-corrected chi connectivity index (χ4v) is 0.376. The Balaban J connectivity index is 4.43. The number of aliphatic imine (C=N–C) groups is 1. The fraction of sp³-hybridized carbons (Fsp3) is 0.286. The van der Waals surface area contributed by atoms with Crippen LogP contribution in [-0.4, -0.2) is 13.0 Å². The molecule has 0 bridgehead atoms. The van der Waals surface area contributed by atoms with E-state index in [-0.39, 0.29) is 11.4 Å². The summed E-state index contributed by atoms with van der Waals surface area (Å²) in [5.41, 5.74) is 4.79. The zero-order chi connectivity index (χ0) is 9.40. The first kappa shape index (κ1) is 9.99. The van der Waals surface area contributed by atoms with Gasteiger partial charge in [0, 0.05) is 0 Å². The number of nitrogens with zero attached hydrogens (tertiary/aromatic N) is 3. The smallest absolute Gasteiger partial charge is 0.177 e. The van der Waals surface area contributed by atoms with Gasteiger partial charge in [0.1, 0.15) is 17.8 Å². The van der Waals surface area contributed by atoms with Gasteiger partial charge < -0.3 is 10.5 Å². The van der Waals surface area contributed by atoms with Gasteiger partial charge in [-0.15, -0.1) is 0 Å². The molecule has 0 radical (unpaired) electrons. The Hall–Kier alpha value is -2.01. The normalized spacial score (nSPS) is 11.6. The van der Waals surface area contributed by atoms with E-state index < -0.39 is 0 Å². The first-order valence-corrected chi connectivity index (χ1v) is 3.20. The summed E-state index contributed by atoms with van der Waals surface area (Å²) in [6.45, 7) is 2.23. The highest BCUT2D eigenvalue weighted by Gasteiger charge is 1.97. The predicted octanol–water partition coefficient (Wildman–Crippen LogP) is 0.269. The standard InChI is InChI=1S/C7H8N4O/c1-2-12-5-11-7(4-9)6(10)3-8/h5H,2,10H2,1H3/b7-6-,11-5?. The van der Waals surface area contributed by atoms with Crippen molar-refractivity contribution in [2.24, 2.45) is 10.7 Å². The average Bonchev–Trinajstić information content (AvgIpc) is 2.11. The van der Waals surface area contributed by atoms with Crippen LogP contribution in [0.4, 0.5) is 0 Å². The lowest BCUT2D eigenvalue weighted by Crippen LogP contribution is -1.98. The van der Waals surface area contributed by atoms with E-state index >= 15 is 0 Å². The molecule has 62 valence electrons. The fourth-order valence-electron chi connectivity index (χ4n) is 0.376. The van der Waals surface area contributed by atoms with E-state index in [2.05, 4.69) is 4.99 Å². The van der Waals surface area contributed by atoms with Gasteiger partial charge in [0.2, 0.25) is 0 Å². The van der Waals surface area contributed by atoms with Crippen molar-refractivity contribution < 1.29 is 4.74 Å². The molecule has 0 amide bonds. The summed E-state index contributed by atoms with van der Waals surface area (Å²) in [5, 5.41) is 16.7. The lowest BCUT2D eigenvalue weighted by Gasteiger charge is -1.91. The maximum absolute atomic E-state index is 8.42. The van der Waals surface area contributed by atoms with Crippen LogP contribution in [-0.2, 0) is 4.74 Å². The van der Waals surface area contributed by atoms with Crippen molar-refractivity contribution in [2.45, 2.75) is 6.92 Å². The number of nitrogens with two attached hydrogens (primary N) is 1. The third kappa shape index (κ3) is 3.23. The van der Waals surface area contributed by atoms with Crippen LogP contribution in [0.1, 0.15) is 6.92 Å². The highest BCUT2D eigenvalue weighted by Crippen LogP contribution is 1.96. The zero-order valence-corrected chi connectivity index (χ0v) is 6.61. The molecule has 5 heteroatoms. The number of allylic oxidation sites excluding steroid dienone is 2. The van der Waals surface area contributed by atoms with E-state index in [4.69, 9.17) is 21.0 Å². The maximum Gasteiger partial charge on any atom is 0.177 e. The second-order valence-electron chi connectivity index (χ2n) is 1.68. The molecular weight excluding hydrogens is 156 g/mol. The molecule has 0 atom stereocenters. The van der Waals surface area contributed by atoms with Crippen LogP contribution in [0.3, 0.4) is 0 Å². The Morgan fingerprint density at radius 1 is 1.58 bits per heavy atom. The van der Waals surface area contributed by atoms with Gasteiger partial charge in [-0.3, -0.25) is 0 Å². The van der Waals surface area contributed by atoms with Crippen LogP contribution >= 0.6 is 0 Å². The SMILES string of the molecule is CCOC=N/C(C#N)=C(\N)C#N. The van der Waals surface area contributed by atoms with Gasteiger partial charge >= 0.3 is 0 Å². The molecule has 0 aliphatic heterocycles. The van der Waals surface area contributed by atoms with E-state index in [1.54, 1.807) is 19.1 Å². The summed E-state index contributed by atoms with van der Waals surface area (Å²) in [4.78, 5) is 3.53. The highest BCUT2D eigenvalue weighted by molar-refractivity contribution is 5.52. The van der Waals surface area contributed by atoms with Crippen LogP contribution in [0, 0.1) is 22.7 Å². The van der Waals surface area contributed by atoms with E-state index in [1.807, 2.05) is 0 Å². The summed E-state index contributed by atoms with van der Waals surface area (Å²) < 4.78 is 4.72. The van der Waals surface area contributed by atoms with Crippen LogP contribution in [0.25, 0.3) is 0 Å². The zero-order valence-electron chi connectivity index (χ0n) is 6.61. The summed E-state index contributed by atoms with van der Waals surface area (Å²) in [6, 6.07) is 3.27. The summed E-state index contributed by atoms with van der Waals surface area (Å²) in [6.07, 6.45) is 1.09. The molecule has 0 saturated carbocycles. The Morgan fingerprint density at radius 2 is 2.25 bits per heavy atom. The first-order valence-electron chi connectivity index (χ1n) is 3.20. The van der Waals surface area contributed by atoms with Crippen molar-refractivity contribution in [3.63, 3.8) is 0 Å². The molecule has 5 nitrogen and oxygen atoms in total. The number of rotatable bonds is 3. The largest absolute Gasteiger partial charge is 0.483 e. The van der Waals surface area contributed by atoms with Crippen LogP contribution in [0.15, 0.2) is 16.4 Å². The molecule has 0 aromatic rings. The quantitative estimate of drug-likeness (QED) is 0.368. The topological polar surface area (TPSA) is 95.2 Å². The monoisotopic (exact) mass is 164 g/mol. The van der Waals surface area contributed by atoms with Crippen LogP contribution in [0.5, 0.6) is 0 Å². The van der Waals surface area contributed by atoms with Crippen molar-refractivity contribution in [3.05, 3.63) is 11.4 Å². The minimum absolute atomic E-state index is 0.133. The molecule has 0 aromatic heterocycles. The summed E-state index contributed by atoms with van der Waals surface area (Å²) in [5.74, 6) is 0. The maximum atomic E-state index is 8.42. The van der Waals surface area contributed by atoms with Crippen molar-refractivity contribution in [2.75, 3.05) is 6.61 Å². The second kappa shape index (κ2) is 5.75. The van der Waals surface area contributed by atoms with Crippen molar-refractivity contribution in [1.82, 2.24) is 0 Å². The summed E-state index contributed by atoms with van der Waals surface area (Å²) >= 11 is 0. The van der Waals surface area contributed by atoms with E-state index in [9.17, 15) is 0 Å². The molecular formula is C7H8N4O. The first-order chi connectivity index (χ1) is 5.76. The second-order valence-corrected chi connectivity index (χ2v) is 1.68. The minimum atomic E-state index is -0.214. The van der Waals surface area contributed by atoms with Gasteiger partial charge in [0.25, 0.3) is 0 Å². The minimum Gasteiger partial charge on any atom is -0.483 e. The highest BCUT2D eigenvalue weighted by atomic mass is 16.5. The molecule has 0 aromatic carbocycles. The lowest BCUT2D eigenvalue weighted by molar-refractivity contribution is 0.343. The van der Waals surface area contributed by atoms with Gasteiger partial charge in [-0.2, -0.15) is 10.5 Å². The third-order valence-electron chi connectivity index (χ3n) is 0.904. The number of hydrogen-bond donors (Lipinski definition) is 1. The Kier molecular flexibility index (Phi) is 4.79. The Morgan fingerprint density at radius 3 is 2.67 bits per heavy atom. The van der Waals surface area contributed by atoms with Crippen LogP contribution < -0.4 is 5.73 Å². The van der Waals surface area contributed by atoms with Crippen LogP contribution in [0.2, 0.25) is 0 Å². The number of ether oxygens (including phenoxy) is 1. The number of nitriles is 2. The van der Waals surface area contributed by atoms with E-state index in [0.717, 1.165) is 6.40 Å². The molecule has 0 rings (SSSR count).